The van der Waals surface area contributed by atoms with Gasteiger partial charge in [0.05, 0.1) is 26.4 Å². The Labute approximate surface area is 228 Å². The number of phosphoric ester groups is 1. The van der Waals surface area contributed by atoms with Gasteiger partial charge in [0.2, 0.25) is 0 Å². The van der Waals surface area contributed by atoms with Crippen molar-refractivity contribution in [3.63, 3.8) is 0 Å². The number of aliphatic hydroxyl groups is 2. The van der Waals surface area contributed by atoms with Gasteiger partial charge in [-0.1, -0.05) is 76.9 Å². The summed E-state index contributed by atoms with van der Waals surface area (Å²) in [6.45, 7) is 1.04. The van der Waals surface area contributed by atoms with Gasteiger partial charge in [-0.2, -0.15) is 0 Å². The van der Waals surface area contributed by atoms with E-state index in [0.717, 1.165) is 39.0 Å². The zero-order valence-electron chi connectivity index (χ0n) is 23.4. The molecule has 3 atom stereocenters. The number of rotatable bonds is 26. The summed E-state index contributed by atoms with van der Waals surface area (Å²) in [6.07, 6.45) is 18.9. The number of phosphoric acid groups is 1. The zero-order valence-corrected chi connectivity index (χ0v) is 24.3. The molecule has 3 N–H and O–H groups in total. The highest BCUT2D eigenvalue weighted by Gasteiger charge is 2.27. The van der Waals surface area contributed by atoms with Crippen LogP contribution in [-0.2, 0) is 32.7 Å². The highest BCUT2D eigenvalue weighted by atomic mass is 31.2. The second-order valence-corrected chi connectivity index (χ2v) is 10.9. The molecule has 224 valence electrons. The molecular formula is C27H51O10P. The first-order valence-corrected chi connectivity index (χ1v) is 15.6. The van der Waals surface area contributed by atoms with Crippen LogP contribution < -0.4 is 0 Å². The summed E-state index contributed by atoms with van der Waals surface area (Å²) in [4.78, 5) is 32.6. The molecule has 0 fully saturated rings. The van der Waals surface area contributed by atoms with Crippen molar-refractivity contribution in [3.8, 4) is 0 Å². The van der Waals surface area contributed by atoms with Crippen molar-refractivity contribution < 1.29 is 47.8 Å². The van der Waals surface area contributed by atoms with Crippen molar-refractivity contribution in [2.45, 2.75) is 122 Å². The normalized spacial score (nSPS) is 14.8. The molecule has 0 heterocycles. The van der Waals surface area contributed by atoms with Crippen molar-refractivity contribution in [3.05, 3.63) is 12.2 Å². The van der Waals surface area contributed by atoms with E-state index in [1.807, 2.05) is 0 Å². The maximum absolute atomic E-state index is 12.0. The Kier molecular flexibility index (Phi) is 23.9. The summed E-state index contributed by atoms with van der Waals surface area (Å²) >= 11 is 0. The summed E-state index contributed by atoms with van der Waals surface area (Å²) in [5.74, 6) is -1.21. The van der Waals surface area contributed by atoms with Crippen LogP contribution in [0.4, 0.5) is 0 Å². The Morgan fingerprint density at radius 1 is 0.737 bits per heavy atom. The van der Waals surface area contributed by atoms with Gasteiger partial charge in [0.1, 0.15) is 12.2 Å². The lowest BCUT2D eigenvalue weighted by Crippen LogP contribution is -2.28. The molecule has 0 aromatic carbocycles. The van der Waals surface area contributed by atoms with E-state index in [1.165, 1.54) is 51.4 Å². The molecular weight excluding hydrogens is 515 g/mol. The molecule has 10 nitrogen and oxygen atoms in total. The Hall–Kier alpha value is -1.29. The third kappa shape index (κ3) is 23.8. The minimum absolute atomic E-state index is 0.183. The summed E-state index contributed by atoms with van der Waals surface area (Å²) in [5, 5.41) is 18.4. The molecule has 0 saturated carbocycles. The Morgan fingerprint density at radius 3 is 1.66 bits per heavy atom. The molecule has 0 aromatic heterocycles. The third-order valence-electron chi connectivity index (χ3n) is 5.78. The summed E-state index contributed by atoms with van der Waals surface area (Å²) < 4.78 is 31.1. The minimum atomic E-state index is -4.58. The van der Waals surface area contributed by atoms with Crippen LogP contribution >= 0.6 is 7.82 Å². The standard InChI is InChI=1S/C27H51O10P/c1-3-4-5-6-7-8-9-10-11-12-13-14-15-16-17-18-19-27(31)37-26(21-29)23-35-38(32,33)34-22-25(20-28)36-24(2)30/h11-12,25-26,28-29H,3-10,13-23H2,1-2H3,(H,32,33)/b12-11-. The predicted molar refractivity (Wildman–Crippen MR) is 145 cm³/mol. The van der Waals surface area contributed by atoms with E-state index in [9.17, 15) is 24.2 Å². The van der Waals surface area contributed by atoms with Crippen molar-refractivity contribution in [2.75, 3.05) is 26.4 Å². The quantitative estimate of drug-likeness (QED) is 0.0539. The average molecular weight is 567 g/mol. The Morgan fingerprint density at radius 2 is 1.18 bits per heavy atom. The highest BCUT2D eigenvalue weighted by Crippen LogP contribution is 2.43. The summed E-state index contributed by atoms with van der Waals surface area (Å²) in [5.41, 5.74) is 0. The van der Waals surface area contributed by atoms with Gasteiger partial charge >= 0.3 is 19.8 Å². The van der Waals surface area contributed by atoms with Crippen LogP contribution in [0.1, 0.15) is 110 Å². The van der Waals surface area contributed by atoms with Gasteiger partial charge in [0.25, 0.3) is 0 Å². The zero-order chi connectivity index (χ0) is 28.5. The maximum Gasteiger partial charge on any atom is 0.472 e. The number of unbranched alkanes of at least 4 members (excludes halogenated alkanes) is 12. The lowest BCUT2D eigenvalue weighted by atomic mass is 10.1. The van der Waals surface area contributed by atoms with Crippen molar-refractivity contribution in [1.82, 2.24) is 0 Å². The van der Waals surface area contributed by atoms with Gasteiger partial charge in [0, 0.05) is 13.3 Å². The number of carbonyl (C=O) groups is 2. The summed E-state index contributed by atoms with van der Waals surface area (Å²) in [7, 11) is -4.58. The van der Waals surface area contributed by atoms with Crippen LogP contribution in [0.5, 0.6) is 0 Å². The van der Waals surface area contributed by atoms with Crippen LogP contribution in [0.25, 0.3) is 0 Å². The van der Waals surface area contributed by atoms with Gasteiger partial charge < -0.3 is 24.6 Å². The van der Waals surface area contributed by atoms with Crippen LogP contribution in [0.2, 0.25) is 0 Å². The van der Waals surface area contributed by atoms with Gasteiger partial charge in [-0.25, -0.2) is 4.57 Å². The van der Waals surface area contributed by atoms with E-state index < -0.39 is 58.4 Å². The van der Waals surface area contributed by atoms with Gasteiger partial charge in [0.15, 0.2) is 0 Å². The molecule has 3 unspecified atom stereocenters. The Balaban J connectivity index is 3.83. The third-order valence-corrected chi connectivity index (χ3v) is 6.73. The van der Waals surface area contributed by atoms with Crippen LogP contribution in [-0.4, -0.2) is 65.7 Å². The number of carbonyl (C=O) groups excluding carboxylic acids is 2. The van der Waals surface area contributed by atoms with E-state index in [0.29, 0.717) is 6.42 Å². The second-order valence-electron chi connectivity index (χ2n) is 9.46. The van der Waals surface area contributed by atoms with Gasteiger partial charge in [-0.15, -0.1) is 0 Å². The topological polar surface area (TPSA) is 149 Å². The number of aliphatic hydroxyl groups excluding tert-OH is 2. The molecule has 0 rings (SSSR count). The molecule has 0 radical (unpaired) electrons. The van der Waals surface area contributed by atoms with Crippen molar-refractivity contribution >= 4 is 19.8 Å². The number of hydrogen-bond acceptors (Lipinski definition) is 9. The molecule has 0 bridgehead atoms. The van der Waals surface area contributed by atoms with Crippen molar-refractivity contribution in [1.29, 1.82) is 0 Å². The molecule has 0 aliphatic rings. The van der Waals surface area contributed by atoms with E-state index in [1.54, 1.807) is 0 Å². The first kappa shape index (κ1) is 36.7. The SMILES string of the molecule is CCCCCCCCC/C=C\CCCCCCCC(=O)OC(CO)COP(=O)(O)OCC(CO)OC(C)=O. The van der Waals surface area contributed by atoms with E-state index in [2.05, 4.69) is 28.3 Å². The fourth-order valence-electron chi connectivity index (χ4n) is 3.64. The molecule has 0 aliphatic heterocycles. The first-order chi connectivity index (χ1) is 18.2. The number of esters is 2. The number of allylic oxidation sites excluding steroid dienone is 2. The van der Waals surface area contributed by atoms with Crippen LogP contribution in [0, 0.1) is 0 Å². The van der Waals surface area contributed by atoms with E-state index in [-0.39, 0.29) is 6.42 Å². The van der Waals surface area contributed by atoms with Gasteiger partial charge in [-0.3, -0.25) is 18.6 Å². The average Bonchev–Trinajstić information content (AvgIpc) is 2.88. The largest absolute Gasteiger partial charge is 0.472 e. The minimum Gasteiger partial charge on any atom is -0.458 e. The van der Waals surface area contributed by atoms with Crippen LogP contribution in [0.15, 0.2) is 12.2 Å². The van der Waals surface area contributed by atoms with Crippen molar-refractivity contribution in [2.24, 2.45) is 0 Å². The highest BCUT2D eigenvalue weighted by molar-refractivity contribution is 7.47. The van der Waals surface area contributed by atoms with E-state index in [4.69, 9.17) is 14.4 Å². The Bertz CT molecular complexity index is 670. The smallest absolute Gasteiger partial charge is 0.458 e. The number of hydrogen-bond donors (Lipinski definition) is 3. The fourth-order valence-corrected chi connectivity index (χ4v) is 4.42. The molecule has 0 aliphatic carbocycles. The summed E-state index contributed by atoms with van der Waals surface area (Å²) in [6, 6.07) is 0. The lowest BCUT2D eigenvalue weighted by Gasteiger charge is -2.20. The number of ether oxygens (including phenoxy) is 2. The molecule has 11 heteroatoms. The molecule has 38 heavy (non-hydrogen) atoms. The molecule has 0 saturated heterocycles. The maximum atomic E-state index is 12.0. The lowest BCUT2D eigenvalue weighted by molar-refractivity contribution is -0.153. The second kappa shape index (κ2) is 24.7. The molecule has 0 aromatic rings. The van der Waals surface area contributed by atoms with Gasteiger partial charge in [-0.05, 0) is 32.1 Å². The fraction of sp³-hybridized carbons (Fsp3) is 0.852. The molecule has 0 spiro atoms. The van der Waals surface area contributed by atoms with Crippen LogP contribution in [0.3, 0.4) is 0 Å². The first-order valence-electron chi connectivity index (χ1n) is 14.1. The monoisotopic (exact) mass is 566 g/mol. The van der Waals surface area contributed by atoms with E-state index >= 15 is 0 Å². The predicted octanol–water partition coefficient (Wildman–Crippen LogP) is 5.38. The molecule has 0 amide bonds.